The first kappa shape index (κ1) is 20.6. The van der Waals surface area contributed by atoms with E-state index < -0.39 is 10.1 Å². The average Bonchev–Trinajstić information content (AvgIpc) is 2.75. The third-order valence-corrected chi connectivity index (χ3v) is 5.45. The molecule has 3 aromatic carbocycles. The summed E-state index contributed by atoms with van der Waals surface area (Å²) in [4.78, 5) is 12.4. The molecule has 29 heavy (non-hydrogen) atoms. The topological polar surface area (TPSA) is 81.7 Å². The van der Waals surface area contributed by atoms with Gasteiger partial charge in [-0.15, -0.1) is 0 Å². The number of nitrogens with one attached hydrogen (secondary N) is 1. The predicted octanol–water partition coefficient (Wildman–Crippen LogP) is 3.44. The van der Waals surface area contributed by atoms with Crippen LogP contribution >= 0.6 is 0 Å². The number of carbonyl (C=O) groups is 1. The molecule has 0 radical (unpaired) electrons. The van der Waals surface area contributed by atoms with Gasteiger partial charge in [-0.2, -0.15) is 8.42 Å². The van der Waals surface area contributed by atoms with E-state index in [1.54, 1.807) is 37.4 Å². The van der Waals surface area contributed by atoms with Gasteiger partial charge in [-0.3, -0.25) is 4.79 Å². The van der Waals surface area contributed by atoms with Gasteiger partial charge in [0, 0.05) is 12.1 Å². The van der Waals surface area contributed by atoms with E-state index in [1.807, 2.05) is 24.3 Å². The SMILES string of the molecule is COc1ccc(CNCC(=O)c2ccc(OS(=O)(=O)c3ccccc3)cc2)cc1. The second-order valence-corrected chi connectivity index (χ2v) is 7.80. The van der Waals surface area contributed by atoms with E-state index in [-0.39, 0.29) is 23.0 Å². The van der Waals surface area contributed by atoms with E-state index in [4.69, 9.17) is 8.92 Å². The Labute approximate surface area is 170 Å². The van der Waals surface area contributed by atoms with Crippen molar-refractivity contribution >= 4 is 15.9 Å². The zero-order valence-corrected chi connectivity index (χ0v) is 16.7. The molecule has 0 atom stereocenters. The smallest absolute Gasteiger partial charge is 0.339 e. The van der Waals surface area contributed by atoms with Crippen LogP contribution in [-0.2, 0) is 16.7 Å². The van der Waals surface area contributed by atoms with E-state index in [1.165, 1.54) is 24.3 Å². The zero-order chi connectivity index (χ0) is 20.7. The summed E-state index contributed by atoms with van der Waals surface area (Å²) in [5, 5.41) is 3.09. The summed E-state index contributed by atoms with van der Waals surface area (Å²) < 4.78 is 34.7. The van der Waals surface area contributed by atoms with Crippen LogP contribution in [0.15, 0.2) is 83.8 Å². The molecule has 3 aromatic rings. The first-order valence-electron chi connectivity index (χ1n) is 8.94. The maximum atomic E-state index is 12.3. The highest BCUT2D eigenvalue weighted by Gasteiger charge is 2.16. The minimum Gasteiger partial charge on any atom is -0.497 e. The summed E-state index contributed by atoms with van der Waals surface area (Å²) in [5.41, 5.74) is 1.50. The Morgan fingerprint density at radius 3 is 2.10 bits per heavy atom. The van der Waals surface area contributed by atoms with Crippen LogP contribution in [0.4, 0.5) is 0 Å². The van der Waals surface area contributed by atoms with Crippen LogP contribution < -0.4 is 14.2 Å². The molecule has 0 spiro atoms. The summed E-state index contributed by atoms with van der Waals surface area (Å²) in [6, 6.07) is 21.5. The molecule has 7 heteroatoms. The standard InChI is InChI=1S/C22H21NO5S/c1-27-19-11-7-17(8-12-19)15-23-16-22(24)18-9-13-20(14-10-18)28-29(25,26)21-5-3-2-4-6-21/h2-14,23H,15-16H2,1H3. The van der Waals surface area contributed by atoms with E-state index in [0.717, 1.165) is 11.3 Å². The summed E-state index contributed by atoms with van der Waals surface area (Å²) in [6.45, 7) is 0.709. The van der Waals surface area contributed by atoms with Crippen molar-refractivity contribution in [3.63, 3.8) is 0 Å². The second kappa shape index (κ2) is 9.36. The first-order valence-corrected chi connectivity index (χ1v) is 10.4. The molecular weight excluding hydrogens is 390 g/mol. The van der Waals surface area contributed by atoms with E-state index in [0.29, 0.717) is 12.1 Å². The highest BCUT2D eigenvalue weighted by Crippen LogP contribution is 2.19. The Kier molecular flexibility index (Phi) is 6.64. The molecular formula is C22H21NO5S. The largest absolute Gasteiger partial charge is 0.497 e. The Morgan fingerprint density at radius 1 is 0.862 bits per heavy atom. The van der Waals surface area contributed by atoms with Gasteiger partial charge in [0.1, 0.15) is 16.4 Å². The van der Waals surface area contributed by atoms with Gasteiger partial charge in [0.2, 0.25) is 0 Å². The third-order valence-electron chi connectivity index (χ3n) is 4.19. The number of ether oxygens (including phenoxy) is 1. The molecule has 0 bridgehead atoms. The maximum Gasteiger partial charge on any atom is 0.339 e. The Hall–Kier alpha value is -3.16. The molecule has 0 heterocycles. The number of ketones is 1. The fraction of sp³-hybridized carbons (Fsp3) is 0.136. The highest BCUT2D eigenvalue weighted by atomic mass is 32.2. The molecule has 6 nitrogen and oxygen atoms in total. The van der Waals surface area contributed by atoms with Gasteiger partial charge in [-0.05, 0) is 54.1 Å². The zero-order valence-electron chi connectivity index (χ0n) is 15.9. The van der Waals surface area contributed by atoms with Crippen molar-refractivity contribution in [2.24, 2.45) is 0 Å². The van der Waals surface area contributed by atoms with Crippen LogP contribution in [0.5, 0.6) is 11.5 Å². The van der Waals surface area contributed by atoms with Gasteiger partial charge in [-0.25, -0.2) is 0 Å². The average molecular weight is 411 g/mol. The number of benzene rings is 3. The molecule has 0 amide bonds. The molecule has 0 aliphatic carbocycles. The summed E-state index contributed by atoms with van der Waals surface area (Å²) in [6.07, 6.45) is 0. The number of methoxy groups -OCH3 is 1. The monoisotopic (exact) mass is 411 g/mol. The number of rotatable bonds is 9. The highest BCUT2D eigenvalue weighted by molar-refractivity contribution is 7.87. The quantitative estimate of drug-likeness (QED) is 0.429. The Balaban J connectivity index is 1.54. The van der Waals surface area contributed by atoms with Gasteiger partial charge in [0.25, 0.3) is 0 Å². The summed E-state index contributed by atoms with van der Waals surface area (Å²) in [5.74, 6) is 0.828. The predicted molar refractivity (Wildman–Crippen MR) is 110 cm³/mol. The third kappa shape index (κ3) is 5.66. The van der Waals surface area contributed by atoms with E-state index in [9.17, 15) is 13.2 Å². The number of hydrogen-bond donors (Lipinski definition) is 1. The molecule has 1 N–H and O–H groups in total. The van der Waals surface area contributed by atoms with Crippen molar-refractivity contribution in [2.75, 3.05) is 13.7 Å². The number of carbonyl (C=O) groups excluding carboxylic acids is 1. The fourth-order valence-electron chi connectivity index (χ4n) is 2.62. The lowest BCUT2D eigenvalue weighted by Crippen LogP contribution is -2.22. The van der Waals surface area contributed by atoms with Crippen molar-refractivity contribution in [1.29, 1.82) is 0 Å². The van der Waals surface area contributed by atoms with Gasteiger partial charge < -0.3 is 14.2 Å². The van der Waals surface area contributed by atoms with Gasteiger partial charge in [-0.1, -0.05) is 30.3 Å². The normalized spacial score (nSPS) is 11.1. The van der Waals surface area contributed by atoms with Gasteiger partial charge in [0.05, 0.1) is 13.7 Å². The molecule has 0 saturated carbocycles. The summed E-state index contributed by atoms with van der Waals surface area (Å²) >= 11 is 0. The van der Waals surface area contributed by atoms with Crippen LogP contribution in [0.2, 0.25) is 0 Å². The number of hydrogen-bond acceptors (Lipinski definition) is 6. The molecule has 0 unspecified atom stereocenters. The molecule has 150 valence electrons. The van der Waals surface area contributed by atoms with Crippen LogP contribution in [0, 0.1) is 0 Å². The van der Waals surface area contributed by atoms with Crippen molar-refractivity contribution in [3.05, 3.63) is 90.0 Å². The Bertz CT molecular complexity index is 1050. The minimum atomic E-state index is -3.90. The van der Waals surface area contributed by atoms with E-state index in [2.05, 4.69) is 5.32 Å². The summed E-state index contributed by atoms with van der Waals surface area (Å²) in [7, 11) is -2.29. The van der Waals surface area contributed by atoms with Crippen LogP contribution in [0.25, 0.3) is 0 Å². The molecule has 3 rings (SSSR count). The number of Topliss-reactive ketones (excluding diaryl/α,β-unsaturated/α-hetero) is 1. The van der Waals surface area contributed by atoms with Crippen molar-refractivity contribution in [1.82, 2.24) is 5.32 Å². The van der Waals surface area contributed by atoms with E-state index >= 15 is 0 Å². The van der Waals surface area contributed by atoms with Gasteiger partial charge >= 0.3 is 10.1 Å². The van der Waals surface area contributed by atoms with Crippen LogP contribution in [-0.4, -0.2) is 27.9 Å². The molecule has 0 saturated heterocycles. The van der Waals surface area contributed by atoms with Crippen LogP contribution in [0.3, 0.4) is 0 Å². The van der Waals surface area contributed by atoms with Crippen molar-refractivity contribution in [3.8, 4) is 11.5 Å². The molecule has 0 fully saturated rings. The minimum absolute atomic E-state index is 0.0721. The lowest BCUT2D eigenvalue weighted by atomic mass is 10.1. The Morgan fingerprint density at radius 2 is 1.48 bits per heavy atom. The molecule has 0 aliphatic heterocycles. The first-order chi connectivity index (χ1) is 14.0. The van der Waals surface area contributed by atoms with Gasteiger partial charge in [0.15, 0.2) is 5.78 Å². The van der Waals surface area contributed by atoms with Crippen molar-refractivity contribution < 1.29 is 22.1 Å². The lowest BCUT2D eigenvalue weighted by molar-refractivity contribution is 0.0991. The van der Waals surface area contributed by atoms with Crippen LogP contribution in [0.1, 0.15) is 15.9 Å². The second-order valence-electron chi connectivity index (χ2n) is 6.25. The molecule has 0 aromatic heterocycles. The fourth-order valence-corrected chi connectivity index (χ4v) is 3.58. The lowest BCUT2D eigenvalue weighted by Gasteiger charge is -2.08. The maximum absolute atomic E-state index is 12.3. The molecule has 0 aliphatic rings. The van der Waals surface area contributed by atoms with Crippen molar-refractivity contribution in [2.45, 2.75) is 11.4 Å².